The third kappa shape index (κ3) is 3.75. The van der Waals surface area contributed by atoms with Crippen LogP contribution in [0.15, 0.2) is 29.1 Å². The van der Waals surface area contributed by atoms with Gasteiger partial charge in [-0.05, 0) is 19.1 Å². The second-order valence-electron chi connectivity index (χ2n) is 5.28. The molecular formula is C15H18F3N3O2. The van der Waals surface area contributed by atoms with Crippen LogP contribution in [0.4, 0.5) is 13.2 Å². The molecule has 8 heteroatoms. The van der Waals surface area contributed by atoms with Crippen molar-refractivity contribution in [3.05, 3.63) is 34.7 Å². The first-order valence-electron chi connectivity index (χ1n) is 7.23. The van der Waals surface area contributed by atoms with Crippen molar-refractivity contribution >= 4 is 16.9 Å². The fourth-order valence-corrected chi connectivity index (χ4v) is 2.41. The molecule has 0 saturated carbocycles. The van der Waals surface area contributed by atoms with E-state index in [1.54, 1.807) is 24.3 Å². The molecule has 5 nitrogen and oxygen atoms in total. The molecule has 0 aliphatic rings. The van der Waals surface area contributed by atoms with E-state index in [-0.39, 0.29) is 12.2 Å². The normalized spacial score (nSPS) is 11.9. The number of nitrogens with zero attached hydrogens (tertiary/aromatic N) is 3. The van der Waals surface area contributed by atoms with Gasteiger partial charge < -0.3 is 4.90 Å². The Hall–Kier alpha value is -2.25. The zero-order valence-electron chi connectivity index (χ0n) is 12.9. The number of amides is 1. The summed E-state index contributed by atoms with van der Waals surface area (Å²) >= 11 is 0. The van der Waals surface area contributed by atoms with E-state index in [2.05, 4.69) is 0 Å². The molecule has 1 aromatic carbocycles. The number of hydrogen-bond donors (Lipinski definition) is 0. The second-order valence-corrected chi connectivity index (χ2v) is 5.28. The maximum atomic E-state index is 12.4. The van der Waals surface area contributed by atoms with E-state index < -0.39 is 25.0 Å². The predicted octanol–water partition coefficient (Wildman–Crippen LogP) is 2.23. The Morgan fingerprint density at radius 1 is 1.17 bits per heavy atom. The van der Waals surface area contributed by atoms with Crippen LogP contribution >= 0.6 is 0 Å². The van der Waals surface area contributed by atoms with Crippen molar-refractivity contribution in [2.75, 3.05) is 13.6 Å². The lowest BCUT2D eigenvalue weighted by Gasteiger charge is -2.18. The van der Waals surface area contributed by atoms with Gasteiger partial charge in [-0.3, -0.25) is 13.9 Å². The van der Waals surface area contributed by atoms with Crippen LogP contribution in [0.3, 0.4) is 0 Å². The molecule has 0 N–H and O–H groups in total. The van der Waals surface area contributed by atoms with Gasteiger partial charge >= 0.3 is 11.9 Å². The summed E-state index contributed by atoms with van der Waals surface area (Å²) in [6.45, 7) is 1.56. The molecule has 1 heterocycles. The van der Waals surface area contributed by atoms with Gasteiger partial charge in [-0.1, -0.05) is 12.1 Å². The summed E-state index contributed by atoms with van der Waals surface area (Å²) in [4.78, 5) is 25.5. The highest BCUT2D eigenvalue weighted by atomic mass is 19.4. The summed E-state index contributed by atoms with van der Waals surface area (Å²) in [5, 5.41) is 0. The largest absolute Gasteiger partial charge is 0.390 e. The Morgan fingerprint density at radius 3 is 2.26 bits per heavy atom. The van der Waals surface area contributed by atoms with Crippen molar-refractivity contribution in [1.82, 2.24) is 14.0 Å². The molecule has 23 heavy (non-hydrogen) atoms. The summed E-state index contributed by atoms with van der Waals surface area (Å²) in [7, 11) is 1.30. The molecule has 0 aliphatic carbocycles. The number of fused-ring (bicyclic) bond motifs is 1. The standard InChI is InChI=1S/C15H18F3N3O2/c1-3-20-11-6-4-5-7-12(11)21(14(20)23)10-13(22)19(2)9-8-15(16,17)18/h4-7H,3,8-10H2,1-2H3. The molecule has 0 aliphatic heterocycles. The van der Waals surface area contributed by atoms with Crippen molar-refractivity contribution in [3.8, 4) is 0 Å². The van der Waals surface area contributed by atoms with Crippen LogP contribution in [-0.2, 0) is 17.9 Å². The predicted molar refractivity (Wildman–Crippen MR) is 80.2 cm³/mol. The van der Waals surface area contributed by atoms with Crippen LogP contribution in [0, 0.1) is 0 Å². The topological polar surface area (TPSA) is 47.2 Å². The zero-order chi connectivity index (χ0) is 17.2. The average Bonchev–Trinajstić information content (AvgIpc) is 2.76. The Labute approximate surface area is 130 Å². The highest BCUT2D eigenvalue weighted by Gasteiger charge is 2.28. The van der Waals surface area contributed by atoms with Crippen LogP contribution in [-0.4, -0.2) is 39.7 Å². The Kier molecular flexibility index (Phi) is 4.82. The third-order valence-corrected chi connectivity index (χ3v) is 3.69. The molecule has 1 aromatic heterocycles. The van der Waals surface area contributed by atoms with Crippen LogP contribution in [0.5, 0.6) is 0 Å². The number of alkyl halides is 3. The highest BCUT2D eigenvalue weighted by molar-refractivity contribution is 5.80. The fraction of sp³-hybridized carbons (Fsp3) is 0.467. The number of hydrogen-bond acceptors (Lipinski definition) is 2. The van der Waals surface area contributed by atoms with Gasteiger partial charge in [0.05, 0.1) is 17.5 Å². The first-order chi connectivity index (χ1) is 10.7. The van der Waals surface area contributed by atoms with Crippen molar-refractivity contribution in [2.24, 2.45) is 0 Å². The van der Waals surface area contributed by atoms with E-state index in [9.17, 15) is 22.8 Å². The van der Waals surface area contributed by atoms with Crippen molar-refractivity contribution in [2.45, 2.75) is 32.6 Å². The Morgan fingerprint density at radius 2 is 1.74 bits per heavy atom. The molecular weight excluding hydrogens is 311 g/mol. The van der Waals surface area contributed by atoms with Gasteiger partial charge in [0.2, 0.25) is 5.91 Å². The number of likely N-dealkylation sites (N-methyl/N-ethyl adjacent to an activating group) is 1. The molecule has 0 bridgehead atoms. The van der Waals surface area contributed by atoms with Gasteiger partial charge in [0.1, 0.15) is 6.54 Å². The van der Waals surface area contributed by atoms with Gasteiger partial charge in [0, 0.05) is 20.1 Å². The fourth-order valence-electron chi connectivity index (χ4n) is 2.41. The first-order valence-corrected chi connectivity index (χ1v) is 7.23. The average molecular weight is 329 g/mol. The maximum absolute atomic E-state index is 12.4. The molecule has 0 radical (unpaired) electrons. The zero-order valence-corrected chi connectivity index (χ0v) is 12.9. The van der Waals surface area contributed by atoms with Gasteiger partial charge in [0.25, 0.3) is 0 Å². The number of rotatable bonds is 5. The quantitative estimate of drug-likeness (QED) is 0.844. The number of imidazole rings is 1. The number of aryl methyl sites for hydroxylation is 1. The molecule has 0 unspecified atom stereocenters. The van der Waals surface area contributed by atoms with Gasteiger partial charge in [-0.15, -0.1) is 0 Å². The minimum absolute atomic E-state index is 0.277. The Bertz CT molecular complexity index is 761. The maximum Gasteiger partial charge on any atom is 0.390 e. The minimum Gasteiger partial charge on any atom is -0.344 e. The molecule has 126 valence electrons. The molecule has 0 atom stereocenters. The second kappa shape index (κ2) is 6.47. The number of benzene rings is 1. The molecule has 2 rings (SSSR count). The van der Waals surface area contributed by atoms with Crippen LogP contribution in [0.25, 0.3) is 11.0 Å². The van der Waals surface area contributed by atoms with E-state index in [4.69, 9.17) is 0 Å². The summed E-state index contributed by atoms with van der Waals surface area (Å²) in [6, 6.07) is 7.02. The molecule has 1 amide bonds. The summed E-state index contributed by atoms with van der Waals surface area (Å²) in [5.41, 5.74) is 0.953. The lowest BCUT2D eigenvalue weighted by molar-refractivity contribution is -0.144. The smallest absolute Gasteiger partial charge is 0.344 e. The van der Waals surface area contributed by atoms with Gasteiger partial charge in [0.15, 0.2) is 0 Å². The van der Waals surface area contributed by atoms with E-state index in [0.29, 0.717) is 17.6 Å². The monoisotopic (exact) mass is 329 g/mol. The van der Waals surface area contributed by atoms with E-state index in [0.717, 1.165) is 4.90 Å². The first kappa shape index (κ1) is 17.1. The van der Waals surface area contributed by atoms with E-state index in [1.807, 2.05) is 6.92 Å². The highest BCUT2D eigenvalue weighted by Crippen LogP contribution is 2.19. The molecule has 0 spiro atoms. The van der Waals surface area contributed by atoms with Crippen LogP contribution in [0.2, 0.25) is 0 Å². The van der Waals surface area contributed by atoms with Crippen molar-refractivity contribution in [3.63, 3.8) is 0 Å². The Balaban J connectivity index is 2.23. The summed E-state index contributed by atoms with van der Waals surface area (Å²) in [6.07, 6.45) is -5.38. The van der Waals surface area contributed by atoms with Crippen molar-refractivity contribution in [1.29, 1.82) is 0 Å². The SMILES string of the molecule is CCn1c(=O)n(CC(=O)N(C)CCC(F)(F)F)c2ccccc21. The number of para-hydroxylation sites is 2. The number of halogens is 3. The molecule has 0 fully saturated rings. The van der Waals surface area contributed by atoms with Crippen molar-refractivity contribution < 1.29 is 18.0 Å². The lowest BCUT2D eigenvalue weighted by Crippen LogP contribution is -2.36. The van der Waals surface area contributed by atoms with Crippen LogP contribution in [0.1, 0.15) is 13.3 Å². The summed E-state index contributed by atoms with van der Waals surface area (Å²) in [5.74, 6) is -0.532. The molecule has 0 saturated heterocycles. The van der Waals surface area contributed by atoms with Gasteiger partial charge in [-0.2, -0.15) is 13.2 Å². The van der Waals surface area contributed by atoms with Crippen LogP contribution < -0.4 is 5.69 Å². The number of aromatic nitrogens is 2. The minimum atomic E-state index is -4.32. The lowest BCUT2D eigenvalue weighted by atomic mass is 10.3. The number of carbonyl (C=O) groups excluding carboxylic acids is 1. The number of carbonyl (C=O) groups is 1. The third-order valence-electron chi connectivity index (χ3n) is 3.69. The summed E-state index contributed by atoms with van der Waals surface area (Å²) < 4.78 is 39.5. The molecule has 2 aromatic rings. The van der Waals surface area contributed by atoms with E-state index >= 15 is 0 Å². The van der Waals surface area contributed by atoms with E-state index in [1.165, 1.54) is 16.2 Å². The van der Waals surface area contributed by atoms with Gasteiger partial charge in [-0.25, -0.2) is 4.79 Å².